The standard InChI is InChI=1S/C9H10ClFO2/c1-5(12)6-3-4-7(13-2)8(10)9(6)11/h3-5,12H,1-2H3. The van der Waals surface area contributed by atoms with Crippen LogP contribution < -0.4 is 4.74 Å². The van der Waals surface area contributed by atoms with Gasteiger partial charge in [-0.2, -0.15) is 0 Å². The van der Waals surface area contributed by atoms with Gasteiger partial charge < -0.3 is 9.84 Å². The average Bonchev–Trinajstić information content (AvgIpc) is 2.09. The Kier molecular flexibility index (Phi) is 3.12. The lowest BCUT2D eigenvalue weighted by molar-refractivity contribution is 0.194. The second-order valence-electron chi connectivity index (χ2n) is 2.66. The van der Waals surface area contributed by atoms with Crippen LogP contribution in [0.25, 0.3) is 0 Å². The Morgan fingerprint density at radius 1 is 1.54 bits per heavy atom. The SMILES string of the molecule is COc1ccc(C(C)O)c(F)c1Cl. The molecule has 0 fully saturated rings. The van der Waals surface area contributed by atoms with Crippen LogP contribution in [0.15, 0.2) is 12.1 Å². The minimum absolute atomic E-state index is 0.0964. The number of ether oxygens (including phenoxy) is 1. The second-order valence-corrected chi connectivity index (χ2v) is 3.04. The van der Waals surface area contributed by atoms with E-state index in [1.807, 2.05) is 0 Å². The first-order valence-electron chi connectivity index (χ1n) is 3.78. The number of hydrogen-bond acceptors (Lipinski definition) is 2. The second kappa shape index (κ2) is 3.94. The molecule has 0 aromatic heterocycles. The maximum absolute atomic E-state index is 13.3. The monoisotopic (exact) mass is 204 g/mol. The Balaban J connectivity index is 3.23. The number of benzene rings is 1. The Hall–Kier alpha value is -0.800. The fraction of sp³-hybridized carbons (Fsp3) is 0.333. The number of halogens is 2. The predicted molar refractivity (Wildman–Crippen MR) is 48.6 cm³/mol. The fourth-order valence-electron chi connectivity index (χ4n) is 1.03. The molecule has 1 unspecified atom stereocenters. The summed E-state index contributed by atoms with van der Waals surface area (Å²) in [5, 5.41) is 9.06. The average molecular weight is 205 g/mol. The Morgan fingerprint density at radius 3 is 2.62 bits per heavy atom. The van der Waals surface area contributed by atoms with Crippen molar-refractivity contribution in [2.45, 2.75) is 13.0 Å². The summed E-state index contributed by atoms with van der Waals surface area (Å²) in [4.78, 5) is 0. The summed E-state index contributed by atoms with van der Waals surface area (Å²) in [6, 6.07) is 2.97. The normalized spacial score (nSPS) is 12.7. The lowest BCUT2D eigenvalue weighted by Crippen LogP contribution is -1.97. The molecule has 4 heteroatoms. The molecule has 2 nitrogen and oxygen atoms in total. The first kappa shape index (κ1) is 10.3. The van der Waals surface area contributed by atoms with Crippen molar-refractivity contribution in [3.05, 3.63) is 28.5 Å². The highest BCUT2D eigenvalue weighted by Gasteiger charge is 2.14. The van der Waals surface area contributed by atoms with Crippen LogP contribution in [0.3, 0.4) is 0 Å². The molecule has 0 heterocycles. The van der Waals surface area contributed by atoms with Crippen molar-refractivity contribution >= 4 is 11.6 Å². The minimum Gasteiger partial charge on any atom is -0.495 e. The van der Waals surface area contributed by atoms with Gasteiger partial charge in [0.05, 0.1) is 13.2 Å². The molecule has 0 aliphatic heterocycles. The number of rotatable bonds is 2. The van der Waals surface area contributed by atoms with Gasteiger partial charge in [0.2, 0.25) is 0 Å². The Bertz CT molecular complexity index is 313. The van der Waals surface area contributed by atoms with Crippen LogP contribution in [-0.4, -0.2) is 12.2 Å². The van der Waals surface area contributed by atoms with Gasteiger partial charge in [0.25, 0.3) is 0 Å². The summed E-state index contributed by atoms with van der Waals surface area (Å²) in [6.45, 7) is 1.47. The molecule has 0 spiro atoms. The maximum Gasteiger partial charge on any atom is 0.151 e. The van der Waals surface area contributed by atoms with Gasteiger partial charge in [-0.15, -0.1) is 0 Å². The van der Waals surface area contributed by atoms with Gasteiger partial charge in [-0.1, -0.05) is 11.6 Å². The minimum atomic E-state index is -0.872. The van der Waals surface area contributed by atoms with Gasteiger partial charge in [0.1, 0.15) is 10.8 Å². The molecule has 1 aromatic carbocycles. The van der Waals surface area contributed by atoms with Crippen LogP contribution in [0.1, 0.15) is 18.6 Å². The van der Waals surface area contributed by atoms with Crippen molar-refractivity contribution in [1.29, 1.82) is 0 Å². The van der Waals surface area contributed by atoms with E-state index < -0.39 is 11.9 Å². The zero-order valence-corrected chi connectivity index (χ0v) is 8.10. The lowest BCUT2D eigenvalue weighted by atomic mass is 10.1. The van der Waals surface area contributed by atoms with Crippen LogP contribution in [0, 0.1) is 5.82 Å². The summed E-state index contributed by atoms with van der Waals surface area (Å²) in [5.74, 6) is -0.361. The molecule has 1 aromatic rings. The molecule has 13 heavy (non-hydrogen) atoms. The summed E-state index contributed by atoms with van der Waals surface area (Å²) < 4.78 is 18.1. The largest absolute Gasteiger partial charge is 0.495 e. The molecule has 0 bridgehead atoms. The van der Waals surface area contributed by atoms with Crippen LogP contribution in [0.2, 0.25) is 5.02 Å². The van der Waals surface area contributed by atoms with E-state index in [4.69, 9.17) is 21.4 Å². The molecule has 1 N–H and O–H groups in total. The Labute approximate surface area is 80.9 Å². The number of aliphatic hydroxyl groups excluding tert-OH is 1. The van der Waals surface area contributed by atoms with Crippen LogP contribution in [0.5, 0.6) is 5.75 Å². The number of hydrogen-bond donors (Lipinski definition) is 1. The molecule has 0 saturated carbocycles. The molecular weight excluding hydrogens is 195 g/mol. The number of aliphatic hydroxyl groups is 1. The zero-order valence-electron chi connectivity index (χ0n) is 7.34. The molecule has 1 atom stereocenters. The highest BCUT2D eigenvalue weighted by molar-refractivity contribution is 6.32. The number of methoxy groups -OCH3 is 1. The van der Waals surface area contributed by atoms with E-state index in [-0.39, 0.29) is 16.3 Å². The smallest absolute Gasteiger partial charge is 0.151 e. The van der Waals surface area contributed by atoms with Crippen LogP contribution in [-0.2, 0) is 0 Å². The molecule has 0 saturated heterocycles. The van der Waals surface area contributed by atoms with Gasteiger partial charge >= 0.3 is 0 Å². The van der Waals surface area contributed by atoms with Crippen LogP contribution >= 0.6 is 11.6 Å². The molecule has 0 aliphatic carbocycles. The van der Waals surface area contributed by atoms with Crippen molar-refractivity contribution < 1.29 is 14.2 Å². The maximum atomic E-state index is 13.3. The molecule has 0 aliphatic rings. The third kappa shape index (κ3) is 1.92. The third-order valence-electron chi connectivity index (χ3n) is 1.75. The molecule has 1 rings (SSSR count). The third-order valence-corrected chi connectivity index (χ3v) is 2.10. The molecular formula is C9H10ClFO2. The van der Waals surface area contributed by atoms with E-state index in [1.165, 1.54) is 26.2 Å². The van der Waals surface area contributed by atoms with Crippen molar-refractivity contribution in [2.24, 2.45) is 0 Å². The Morgan fingerprint density at radius 2 is 2.15 bits per heavy atom. The summed E-state index contributed by atoms with van der Waals surface area (Å²) in [5.41, 5.74) is 0.172. The van der Waals surface area contributed by atoms with Crippen LogP contribution in [0.4, 0.5) is 4.39 Å². The first-order chi connectivity index (χ1) is 6.07. The van der Waals surface area contributed by atoms with Crippen molar-refractivity contribution in [3.8, 4) is 5.75 Å². The predicted octanol–water partition coefficient (Wildman–Crippen LogP) is 2.54. The molecule has 0 radical (unpaired) electrons. The van der Waals surface area contributed by atoms with Crippen molar-refractivity contribution in [3.63, 3.8) is 0 Å². The highest BCUT2D eigenvalue weighted by Crippen LogP contribution is 2.31. The van der Waals surface area contributed by atoms with Gasteiger partial charge in [-0.3, -0.25) is 0 Å². The van der Waals surface area contributed by atoms with E-state index in [0.717, 1.165) is 0 Å². The van der Waals surface area contributed by atoms with Gasteiger partial charge in [0, 0.05) is 5.56 Å². The zero-order chi connectivity index (χ0) is 10.0. The van der Waals surface area contributed by atoms with E-state index in [0.29, 0.717) is 0 Å². The fourth-order valence-corrected chi connectivity index (χ4v) is 1.28. The van der Waals surface area contributed by atoms with E-state index in [2.05, 4.69) is 0 Å². The molecule has 72 valence electrons. The topological polar surface area (TPSA) is 29.5 Å². The van der Waals surface area contributed by atoms with E-state index >= 15 is 0 Å². The lowest BCUT2D eigenvalue weighted by Gasteiger charge is -2.09. The van der Waals surface area contributed by atoms with Crippen molar-refractivity contribution in [1.82, 2.24) is 0 Å². The van der Waals surface area contributed by atoms with E-state index in [9.17, 15) is 4.39 Å². The molecule has 0 amide bonds. The first-order valence-corrected chi connectivity index (χ1v) is 4.15. The van der Waals surface area contributed by atoms with Gasteiger partial charge in [-0.05, 0) is 19.1 Å². The highest BCUT2D eigenvalue weighted by atomic mass is 35.5. The summed E-state index contributed by atoms with van der Waals surface area (Å²) >= 11 is 5.63. The summed E-state index contributed by atoms with van der Waals surface area (Å²) in [7, 11) is 1.41. The van der Waals surface area contributed by atoms with Gasteiger partial charge in [0.15, 0.2) is 5.82 Å². The van der Waals surface area contributed by atoms with Crippen molar-refractivity contribution in [2.75, 3.05) is 7.11 Å². The van der Waals surface area contributed by atoms with E-state index in [1.54, 1.807) is 0 Å². The summed E-state index contributed by atoms with van der Waals surface area (Å²) in [6.07, 6.45) is -0.872. The van der Waals surface area contributed by atoms with Gasteiger partial charge in [-0.25, -0.2) is 4.39 Å². The quantitative estimate of drug-likeness (QED) is 0.802.